The van der Waals surface area contributed by atoms with Gasteiger partial charge in [-0.1, -0.05) is 0 Å². The van der Waals surface area contributed by atoms with Crippen LogP contribution in [0.25, 0.3) is 0 Å². The summed E-state index contributed by atoms with van der Waals surface area (Å²) in [6, 6.07) is 2.01. The summed E-state index contributed by atoms with van der Waals surface area (Å²) in [5.74, 6) is -4.49. The Hall–Kier alpha value is -1.56. The summed E-state index contributed by atoms with van der Waals surface area (Å²) in [5, 5.41) is 3.27. The number of nitrogens with one attached hydrogen (secondary N) is 1. The minimum Gasteiger partial charge on any atom is -0.337 e. The molecule has 2 aliphatic rings. The van der Waals surface area contributed by atoms with Gasteiger partial charge in [-0.25, -0.2) is 13.2 Å². The second-order valence-electron chi connectivity index (χ2n) is 5.04. The predicted molar refractivity (Wildman–Crippen MR) is 62.1 cm³/mol. The minimum atomic E-state index is -1.59. The number of fused-ring (bicyclic) bond motifs is 1. The number of nitrogens with zero attached hydrogens (tertiary/aromatic N) is 1. The molecule has 0 radical (unpaired) electrons. The van der Waals surface area contributed by atoms with E-state index in [0.29, 0.717) is 19.0 Å². The fraction of sp³-hybridized carbons (Fsp3) is 0.462. The molecule has 6 heteroatoms. The largest absolute Gasteiger partial charge is 0.337 e. The zero-order valence-corrected chi connectivity index (χ0v) is 10.1. The number of likely N-dealkylation sites (tertiary alicyclic amines) is 1. The summed E-state index contributed by atoms with van der Waals surface area (Å²) < 4.78 is 39.6. The van der Waals surface area contributed by atoms with Crippen LogP contribution in [-0.4, -0.2) is 36.5 Å². The molecule has 2 saturated heterocycles. The maximum absolute atomic E-state index is 13.6. The molecule has 2 heterocycles. The molecule has 3 rings (SSSR count). The lowest BCUT2D eigenvalue weighted by Crippen LogP contribution is -2.34. The highest BCUT2D eigenvalue weighted by Crippen LogP contribution is 2.26. The molecule has 1 aromatic carbocycles. The van der Waals surface area contributed by atoms with Gasteiger partial charge in [0.05, 0.1) is 5.56 Å². The third-order valence-corrected chi connectivity index (χ3v) is 3.92. The Morgan fingerprint density at radius 3 is 2.74 bits per heavy atom. The summed E-state index contributed by atoms with van der Waals surface area (Å²) in [7, 11) is 0. The average molecular weight is 270 g/mol. The fourth-order valence-electron chi connectivity index (χ4n) is 2.88. The Bertz CT molecular complexity index is 523. The van der Waals surface area contributed by atoms with Gasteiger partial charge in [0.1, 0.15) is 0 Å². The Balaban J connectivity index is 1.83. The molecular weight excluding hydrogens is 257 g/mol. The molecule has 0 saturated carbocycles. The van der Waals surface area contributed by atoms with E-state index in [4.69, 9.17) is 0 Å². The van der Waals surface area contributed by atoms with Crippen LogP contribution in [0.15, 0.2) is 12.1 Å². The zero-order valence-electron chi connectivity index (χ0n) is 10.1. The van der Waals surface area contributed by atoms with Crippen LogP contribution in [0.3, 0.4) is 0 Å². The third-order valence-electron chi connectivity index (χ3n) is 3.92. The molecule has 3 nitrogen and oxygen atoms in total. The van der Waals surface area contributed by atoms with Crippen molar-refractivity contribution in [2.45, 2.75) is 12.5 Å². The first-order chi connectivity index (χ1) is 9.08. The Morgan fingerprint density at radius 1 is 1.21 bits per heavy atom. The number of benzene rings is 1. The van der Waals surface area contributed by atoms with E-state index in [1.54, 1.807) is 0 Å². The predicted octanol–water partition coefficient (Wildman–Crippen LogP) is 1.54. The number of rotatable bonds is 1. The van der Waals surface area contributed by atoms with Crippen LogP contribution in [0.1, 0.15) is 16.8 Å². The quantitative estimate of drug-likeness (QED) is 0.785. The topological polar surface area (TPSA) is 32.3 Å². The van der Waals surface area contributed by atoms with Crippen molar-refractivity contribution in [3.63, 3.8) is 0 Å². The van der Waals surface area contributed by atoms with Crippen LogP contribution in [-0.2, 0) is 0 Å². The van der Waals surface area contributed by atoms with Crippen LogP contribution in [0.2, 0.25) is 0 Å². The lowest BCUT2D eigenvalue weighted by molar-refractivity contribution is 0.0776. The highest BCUT2D eigenvalue weighted by Gasteiger charge is 2.38. The summed E-state index contributed by atoms with van der Waals surface area (Å²) in [5.41, 5.74) is -0.404. The average Bonchev–Trinajstić information content (AvgIpc) is 2.96. The first kappa shape index (κ1) is 12.5. The number of halogens is 3. The van der Waals surface area contributed by atoms with Crippen LogP contribution < -0.4 is 5.32 Å². The Labute approximate surface area is 108 Å². The van der Waals surface area contributed by atoms with Crippen molar-refractivity contribution < 1.29 is 18.0 Å². The number of hydrogen-bond acceptors (Lipinski definition) is 2. The lowest BCUT2D eigenvalue weighted by Gasteiger charge is -2.17. The van der Waals surface area contributed by atoms with E-state index in [-0.39, 0.29) is 6.04 Å². The number of amides is 1. The van der Waals surface area contributed by atoms with Crippen LogP contribution in [0.5, 0.6) is 0 Å². The normalized spacial score (nSPS) is 25.7. The standard InChI is InChI=1S/C13H13F3N2O/c14-9-2-1-8(11(15)12(9)16)13(19)18-5-7-3-4-17-10(7)6-18/h1-2,7,10,17H,3-6H2/t7-,10+/m0/s1. The van der Waals surface area contributed by atoms with Gasteiger partial charge < -0.3 is 10.2 Å². The molecule has 0 spiro atoms. The van der Waals surface area contributed by atoms with E-state index in [1.165, 1.54) is 4.90 Å². The number of hydrogen-bond donors (Lipinski definition) is 1. The molecule has 0 aliphatic carbocycles. The monoisotopic (exact) mass is 270 g/mol. The summed E-state index contributed by atoms with van der Waals surface area (Å²) in [4.78, 5) is 13.6. The Kier molecular flexibility index (Phi) is 2.97. The first-order valence-electron chi connectivity index (χ1n) is 6.24. The summed E-state index contributed by atoms with van der Waals surface area (Å²) in [6.07, 6.45) is 0.981. The minimum absolute atomic E-state index is 0.234. The molecule has 102 valence electrons. The van der Waals surface area contributed by atoms with Crippen LogP contribution in [0.4, 0.5) is 13.2 Å². The van der Waals surface area contributed by atoms with Gasteiger partial charge in [0.25, 0.3) is 5.91 Å². The molecule has 2 fully saturated rings. The molecule has 1 aromatic rings. The summed E-state index contributed by atoms with van der Waals surface area (Å²) in [6.45, 7) is 1.95. The second-order valence-corrected chi connectivity index (χ2v) is 5.04. The molecule has 2 aliphatic heterocycles. The van der Waals surface area contributed by atoms with Gasteiger partial charge in [-0.2, -0.15) is 0 Å². The fourth-order valence-corrected chi connectivity index (χ4v) is 2.88. The molecular formula is C13H13F3N2O. The van der Waals surface area contributed by atoms with Crippen molar-refractivity contribution in [3.8, 4) is 0 Å². The van der Waals surface area contributed by atoms with Crippen molar-refractivity contribution in [2.24, 2.45) is 5.92 Å². The first-order valence-corrected chi connectivity index (χ1v) is 6.24. The molecule has 2 atom stereocenters. The SMILES string of the molecule is O=C(c1ccc(F)c(F)c1F)N1C[C@@H]2CCN[C@@H]2C1. The van der Waals surface area contributed by atoms with Gasteiger partial charge in [0.15, 0.2) is 17.5 Å². The second kappa shape index (κ2) is 4.52. The van der Waals surface area contributed by atoms with Gasteiger partial charge in [0.2, 0.25) is 0 Å². The van der Waals surface area contributed by atoms with Gasteiger partial charge >= 0.3 is 0 Å². The van der Waals surface area contributed by atoms with E-state index in [9.17, 15) is 18.0 Å². The molecule has 0 bridgehead atoms. The maximum atomic E-state index is 13.6. The highest BCUT2D eigenvalue weighted by atomic mass is 19.2. The molecule has 1 amide bonds. The Morgan fingerprint density at radius 2 is 2.00 bits per heavy atom. The van der Waals surface area contributed by atoms with Crippen molar-refractivity contribution >= 4 is 5.91 Å². The third kappa shape index (κ3) is 2.00. The maximum Gasteiger partial charge on any atom is 0.257 e. The van der Waals surface area contributed by atoms with Crippen molar-refractivity contribution in [2.75, 3.05) is 19.6 Å². The van der Waals surface area contributed by atoms with Crippen LogP contribution >= 0.6 is 0 Å². The zero-order chi connectivity index (χ0) is 13.6. The lowest BCUT2D eigenvalue weighted by atomic mass is 10.1. The number of carbonyl (C=O) groups is 1. The van der Waals surface area contributed by atoms with Crippen molar-refractivity contribution in [3.05, 3.63) is 35.1 Å². The van der Waals surface area contributed by atoms with Gasteiger partial charge in [-0.3, -0.25) is 4.79 Å². The van der Waals surface area contributed by atoms with Crippen molar-refractivity contribution in [1.29, 1.82) is 0 Å². The highest BCUT2D eigenvalue weighted by molar-refractivity contribution is 5.94. The van der Waals surface area contributed by atoms with E-state index in [2.05, 4.69) is 5.32 Å². The summed E-state index contributed by atoms with van der Waals surface area (Å²) >= 11 is 0. The molecule has 0 unspecified atom stereocenters. The number of carbonyl (C=O) groups excluding carboxylic acids is 1. The van der Waals surface area contributed by atoms with E-state index >= 15 is 0 Å². The smallest absolute Gasteiger partial charge is 0.257 e. The van der Waals surface area contributed by atoms with Gasteiger partial charge in [-0.05, 0) is 31.0 Å². The van der Waals surface area contributed by atoms with Crippen LogP contribution in [0, 0.1) is 23.4 Å². The van der Waals surface area contributed by atoms with E-state index < -0.39 is 28.9 Å². The van der Waals surface area contributed by atoms with Gasteiger partial charge in [-0.15, -0.1) is 0 Å². The molecule has 19 heavy (non-hydrogen) atoms. The van der Waals surface area contributed by atoms with Crippen molar-refractivity contribution in [1.82, 2.24) is 10.2 Å². The molecule has 1 N–H and O–H groups in total. The van der Waals surface area contributed by atoms with Gasteiger partial charge in [0, 0.05) is 19.1 Å². The van der Waals surface area contributed by atoms with E-state index in [1.807, 2.05) is 0 Å². The van der Waals surface area contributed by atoms with E-state index in [0.717, 1.165) is 25.1 Å². The molecule has 0 aromatic heterocycles.